The summed E-state index contributed by atoms with van der Waals surface area (Å²) in [7, 11) is 1.25. The van der Waals surface area contributed by atoms with Crippen LogP contribution in [0.25, 0.3) is 0 Å². The standard InChI is InChI=1S/C10H16N2O3/c1-8(2)6-9(13)12(5-4-11)7-10(14)15-3/h8H,5-7H2,1-3H3. The summed E-state index contributed by atoms with van der Waals surface area (Å²) in [5, 5.41) is 8.51. The first-order chi connectivity index (χ1) is 7.01. The third-order valence-corrected chi connectivity index (χ3v) is 1.74. The summed E-state index contributed by atoms with van der Waals surface area (Å²) in [5.41, 5.74) is 0. The van der Waals surface area contributed by atoms with Gasteiger partial charge in [-0.3, -0.25) is 9.59 Å². The highest BCUT2D eigenvalue weighted by Gasteiger charge is 2.17. The Morgan fingerprint density at radius 2 is 2.07 bits per heavy atom. The molecule has 15 heavy (non-hydrogen) atoms. The van der Waals surface area contributed by atoms with Crippen LogP contribution >= 0.6 is 0 Å². The third kappa shape index (κ3) is 5.68. The Bertz CT molecular complexity index is 268. The van der Waals surface area contributed by atoms with Gasteiger partial charge in [0.1, 0.15) is 13.1 Å². The molecule has 0 aromatic carbocycles. The van der Waals surface area contributed by atoms with E-state index in [4.69, 9.17) is 5.26 Å². The van der Waals surface area contributed by atoms with E-state index in [9.17, 15) is 9.59 Å². The number of carbonyl (C=O) groups is 2. The molecule has 5 nitrogen and oxygen atoms in total. The first-order valence-corrected chi connectivity index (χ1v) is 4.72. The maximum Gasteiger partial charge on any atom is 0.325 e. The SMILES string of the molecule is COC(=O)CN(CC#N)C(=O)CC(C)C. The van der Waals surface area contributed by atoms with Crippen LogP contribution in [0, 0.1) is 17.2 Å². The Labute approximate surface area is 89.6 Å². The number of methoxy groups -OCH3 is 1. The molecule has 0 aromatic heterocycles. The molecule has 0 aliphatic heterocycles. The van der Waals surface area contributed by atoms with Crippen molar-refractivity contribution in [2.24, 2.45) is 5.92 Å². The molecule has 1 amide bonds. The number of hydrogen-bond acceptors (Lipinski definition) is 4. The number of carbonyl (C=O) groups excluding carboxylic acids is 2. The molecule has 0 heterocycles. The highest BCUT2D eigenvalue weighted by Crippen LogP contribution is 2.04. The number of hydrogen-bond donors (Lipinski definition) is 0. The van der Waals surface area contributed by atoms with E-state index in [0.29, 0.717) is 6.42 Å². The van der Waals surface area contributed by atoms with Gasteiger partial charge in [0, 0.05) is 6.42 Å². The summed E-state index contributed by atoms with van der Waals surface area (Å²) in [6.45, 7) is 3.57. The van der Waals surface area contributed by atoms with Gasteiger partial charge < -0.3 is 9.64 Å². The van der Waals surface area contributed by atoms with Gasteiger partial charge in [-0.15, -0.1) is 0 Å². The van der Waals surface area contributed by atoms with Crippen LogP contribution in [0.15, 0.2) is 0 Å². The quantitative estimate of drug-likeness (QED) is 0.493. The summed E-state index contributed by atoms with van der Waals surface area (Å²) < 4.78 is 4.44. The van der Waals surface area contributed by atoms with E-state index in [0.717, 1.165) is 0 Å². The molecule has 0 spiro atoms. The van der Waals surface area contributed by atoms with Crippen LogP contribution in [0.5, 0.6) is 0 Å². The van der Waals surface area contributed by atoms with Gasteiger partial charge in [-0.05, 0) is 5.92 Å². The average molecular weight is 212 g/mol. The third-order valence-electron chi connectivity index (χ3n) is 1.74. The number of rotatable bonds is 5. The molecule has 0 radical (unpaired) electrons. The van der Waals surface area contributed by atoms with Crippen molar-refractivity contribution in [3.05, 3.63) is 0 Å². The highest BCUT2D eigenvalue weighted by atomic mass is 16.5. The second-order valence-corrected chi connectivity index (χ2v) is 3.58. The van der Waals surface area contributed by atoms with Crippen molar-refractivity contribution in [1.29, 1.82) is 5.26 Å². The van der Waals surface area contributed by atoms with E-state index in [1.165, 1.54) is 12.0 Å². The van der Waals surface area contributed by atoms with E-state index in [1.807, 2.05) is 19.9 Å². The van der Waals surface area contributed by atoms with E-state index in [2.05, 4.69) is 4.74 Å². The Morgan fingerprint density at radius 1 is 1.47 bits per heavy atom. The topological polar surface area (TPSA) is 70.4 Å². The number of amides is 1. The van der Waals surface area contributed by atoms with Crippen LogP contribution in [-0.2, 0) is 14.3 Å². The first-order valence-electron chi connectivity index (χ1n) is 4.72. The number of ether oxygens (including phenoxy) is 1. The van der Waals surface area contributed by atoms with Gasteiger partial charge in [-0.25, -0.2) is 0 Å². The molecule has 0 aliphatic rings. The zero-order valence-corrected chi connectivity index (χ0v) is 9.32. The lowest BCUT2D eigenvalue weighted by atomic mass is 10.1. The summed E-state index contributed by atoms with van der Waals surface area (Å²) in [5.74, 6) is -0.504. The average Bonchev–Trinajstić information content (AvgIpc) is 2.15. The largest absolute Gasteiger partial charge is 0.468 e. The Morgan fingerprint density at radius 3 is 2.47 bits per heavy atom. The molecule has 84 valence electrons. The number of nitriles is 1. The molecular weight excluding hydrogens is 196 g/mol. The number of nitrogens with zero attached hydrogens (tertiary/aromatic N) is 2. The summed E-state index contributed by atoms with van der Waals surface area (Å²) in [4.78, 5) is 23.7. The van der Waals surface area contributed by atoms with Crippen molar-refractivity contribution in [2.75, 3.05) is 20.2 Å². The van der Waals surface area contributed by atoms with Gasteiger partial charge in [0.25, 0.3) is 0 Å². The smallest absolute Gasteiger partial charge is 0.325 e. The van der Waals surface area contributed by atoms with Crippen LogP contribution in [0.3, 0.4) is 0 Å². The van der Waals surface area contributed by atoms with Gasteiger partial charge in [-0.2, -0.15) is 5.26 Å². The molecule has 0 fully saturated rings. The van der Waals surface area contributed by atoms with E-state index in [-0.39, 0.29) is 24.9 Å². The zero-order valence-electron chi connectivity index (χ0n) is 9.32. The van der Waals surface area contributed by atoms with Crippen LogP contribution in [0.4, 0.5) is 0 Å². The van der Waals surface area contributed by atoms with E-state index in [1.54, 1.807) is 0 Å². The zero-order chi connectivity index (χ0) is 11.8. The minimum absolute atomic E-state index is 0.0827. The van der Waals surface area contributed by atoms with Crippen molar-refractivity contribution in [1.82, 2.24) is 4.90 Å². The maximum absolute atomic E-state index is 11.6. The van der Waals surface area contributed by atoms with Crippen molar-refractivity contribution in [3.8, 4) is 6.07 Å². The van der Waals surface area contributed by atoms with Gasteiger partial charge in [0.15, 0.2) is 0 Å². The second-order valence-electron chi connectivity index (χ2n) is 3.58. The first kappa shape index (κ1) is 13.4. The summed E-state index contributed by atoms with van der Waals surface area (Å²) in [6.07, 6.45) is 0.332. The molecule has 0 unspecified atom stereocenters. The van der Waals surface area contributed by atoms with E-state index >= 15 is 0 Å². The van der Waals surface area contributed by atoms with Crippen molar-refractivity contribution in [2.45, 2.75) is 20.3 Å². The molecule has 0 atom stereocenters. The molecule has 0 rings (SSSR count). The molecule has 0 N–H and O–H groups in total. The lowest BCUT2D eigenvalue weighted by molar-refractivity contribution is -0.146. The minimum atomic E-state index is -0.512. The summed E-state index contributed by atoms with van der Waals surface area (Å²) in [6, 6.07) is 1.85. The molecule has 0 aliphatic carbocycles. The Hall–Kier alpha value is -1.57. The van der Waals surface area contributed by atoms with Crippen molar-refractivity contribution >= 4 is 11.9 Å². The maximum atomic E-state index is 11.6. The Balaban J connectivity index is 4.32. The fourth-order valence-corrected chi connectivity index (χ4v) is 1.02. The lowest BCUT2D eigenvalue weighted by Gasteiger charge is -2.18. The normalized spacial score (nSPS) is 9.53. The predicted octanol–water partition coefficient (Wildman–Crippen LogP) is 0.558. The molecule has 0 saturated carbocycles. The van der Waals surface area contributed by atoms with Crippen LogP contribution < -0.4 is 0 Å². The highest BCUT2D eigenvalue weighted by molar-refractivity contribution is 5.82. The molecule has 0 aromatic rings. The monoisotopic (exact) mass is 212 g/mol. The van der Waals surface area contributed by atoms with Crippen molar-refractivity contribution < 1.29 is 14.3 Å². The second kappa shape index (κ2) is 6.82. The fraction of sp³-hybridized carbons (Fsp3) is 0.700. The van der Waals surface area contributed by atoms with Crippen molar-refractivity contribution in [3.63, 3.8) is 0 Å². The molecular formula is C10H16N2O3. The van der Waals surface area contributed by atoms with Gasteiger partial charge in [0.2, 0.25) is 5.91 Å². The molecule has 5 heteroatoms. The van der Waals surface area contributed by atoms with E-state index < -0.39 is 5.97 Å². The molecule has 0 saturated heterocycles. The van der Waals surface area contributed by atoms with Gasteiger partial charge in [0.05, 0.1) is 13.2 Å². The molecule has 0 bridgehead atoms. The van der Waals surface area contributed by atoms with Crippen LogP contribution in [0.2, 0.25) is 0 Å². The van der Waals surface area contributed by atoms with Gasteiger partial charge >= 0.3 is 5.97 Å². The predicted molar refractivity (Wildman–Crippen MR) is 53.7 cm³/mol. The number of esters is 1. The summed E-state index contributed by atoms with van der Waals surface area (Å²) >= 11 is 0. The fourth-order valence-electron chi connectivity index (χ4n) is 1.02. The Kier molecular flexibility index (Phi) is 6.11. The van der Waals surface area contributed by atoms with Crippen LogP contribution in [-0.4, -0.2) is 37.0 Å². The van der Waals surface area contributed by atoms with Crippen LogP contribution in [0.1, 0.15) is 20.3 Å². The van der Waals surface area contributed by atoms with Gasteiger partial charge in [-0.1, -0.05) is 13.8 Å². The minimum Gasteiger partial charge on any atom is -0.468 e. The lowest BCUT2D eigenvalue weighted by Crippen LogP contribution is -2.37.